The van der Waals surface area contributed by atoms with Crippen LogP contribution in [0, 0.1) is 11.6 Å². The summed E-state index contributed by atoms with van der Waals surface area (Å²) in [6.07, 6.45) is 4.08. The summed E-state index contributed by atoms with van der Waals surface area (Å²) in [4.78, 5) is 15.7. The number of aromatic carboxylic acids is 1. The largest absolute Gasteiger partial charge is 0.478 e. The van der Waals surface area contributed by atoms with E-state index in [-0.39, 0.29) is 18.0 Å². The molecule has 4 nitrogen and oxygen atoms in total. The Morgan fingerprint density at radius 1 is 1.03 bits per heavy atom. The van der Waals surface area contributed by atoms with Crippen LogP contribution >= 0.6 is 0 Å². The second kappa shape index (κ2) is 8.45. The van der Waals surface area contributed by atoms with Crippen LogP contribution in [0.25, 0.3) is 11.1 Å². The topological polar surface area (TPSA) is 59.4 Å². The molecule has 3 aromatic rings. The van der Waals surface area contributed by atoms with Gasteiger partial charge in [-0.2, -0.15) is 0 Å². The van der Waals surface area contributed by atoms with Gasteiger partial charge in [0.25, 0.3) is 0 Å². The van der Waals surface area contributed by atoms with Crippen molar-refractivity contribution in [3.8, 4) is 5.88 Å². The van der Waals surface area contributed by atoms with E-state index in [0.717, 1.165) is 41.5 Å². The van der Waals surface area contributed by atoms with Gasteiger partial charge in [-0.1, -0.05) is 18.2 Å². The zero-order valence-corrected chi connectivity index (χ0v) is 16.1. The van der Waals surface area contributed by atoms with Gasteiger partial charge in [-0.05, 0) is 77.9 Å². The molecule has 1 heterocycles. The van der Waals surface area contributed by atoms with Crippen molar-refractivity contribution in [2.75, 3.05) is 0 Å². The molecule has 6 heteroatoms. The van der Waals surface area contributed by atoms with E-state index in [9.17, 15) is 18.7 Å². The van der Waals surface area contributed by atoms with Gasteiger partial charge in [0.15, 0.2) is 0 Å². The van der Waals surface area contributed by atoms with Crippen LogP contribution < -0.4 is 4.74 Å². The minimum Gasteiger partial charge on any atom is -0.478 e. The standard InChI is InChI=1S/C24H19F2NO3/c25-17-9-6-15(7-10-17)14-30-23-20(5-2-12-27-23)19-4-1-3-18(19)16-8-11-22(26)21(13-16)24(28)29/h2,5-13H,1,3-4,14H2,(H,28,29). The van der Waals surface area contributed by atoms with E-state index in [1.165, 1.54) is 24.3 Å². The smallest absolute Gasteiger partial charge is 0.338 e. The van der Waals surface area contributed by atoms with Crippen LogP contribution in [0.15, 0.2) is 60.8 Å². The zero-order chi connectivity index (χ0) is 21.1. The first-order chi connectivity index (χ1) is 14.5. The van der Waals surface area contributed by atoms with Crippen LogP contribution in [0.2, 0.25) is 0 Å². The van der Waals surface area contributed by atoms with Crippen LogP contribution in [0.3, 0.4) is 0 Å². The normalized spacial score (nSPS) is 13.5. The number of halogens is 2. The molecule has 0 saturated carbocycles. The lowest BCUT2D eigenvalue weighted by Crippen LogP contribution is -2.02. The molecule has 0 aliphatic heterocycles. The van der Waals surface area contributed by atoms with Crippen LogP contribution in [0.1, 0.15) is 46.3 Å². The van der Waals surface area contributed by atoms with Gasteiger partial charge >= 0.3 is 5.97 Å². The lowest BCUT2D eigenvalue weighted by molar-refractivity contribution is 0.0692. The summed E-state index contributed by atoms with van der Waals surface area (Å²) in [6, 6.07) is 14.0. The number of hydrogen-bond acceptors (Lipinski definition) is 3. The van der Waals surface area contributed by atoms with Crippen LogP contribution in [0.4, 0.5) is 8.78 Å². The number of allylic oxidation sites excluding steroid dienone is 2. The summed E-state index contributed by atoms with van der Waals surface area (Å²) < 4.78 is 32.9. The highest BCUT2D eigenvalue weighted by Crippen LogP contribution is 2.42. The molecule has 1 aromatic heterocycles. The van der Waals surface area contributed by atoms with Crippen molar-refractivity contribution < 1.29 is 23.4 Å². The zero-order valence-electron chi connectivity index (χ0n) is 16.1. The minimum absolute atomic E-state index is 0.243. The molecule has 0 bridgehead atoms. The Labute approximate surface area is 172 Å². The Morgan fingerprint density at radius 2 is 1.80 bits per heavy atom. The molecule has 0 unspecified atom stereocenters. The summed E-state index contributed by atoms with van der Waals surface area (Å²) in [5.41, 5.74) is 3.98. The molecule has 1 N–H and O–H groups in total. The highest BCUT2D eigenvalue weighted by atomic mass is 19.1. The number of nitrogens with zero attached hydrogens (tertiary/aromatic N) is 1. The fourth-order valence-electron chi connectivity index (χ4n) is 3.70. The molecule has 1 aliphatic rings. The molecular formula is C24H19F2NO3. The number of benzene rings is 2. The molecule has 1 aliphatic carbocycles. The van der Waals surface area contributed by atoms with E-state index in [0.29, 0.717) is 11.4 Å². The first-order valence-electron chi connectivity index (χ1n) is 9.61. The number of carboxylic acid groups (broad SMARTS) is 1. The SMILES string of the molecule is O=C(O)c1cc(C2=C(c3cccnc3OCc3ccc(F)cc3)CCC2)ccc1F. The third-order valence-corrected chi connectivity index (χ3v) is 5.15. The van der Waals surface area contributed by atoms with Gasteiger partial charge in [0.2, 0.25) is 5.88 Å². The van der Waals surface area contributed by atoms with Gasteiger partial charge < -0.3 is 9.84 Å². The summed E-state index contributed by atoms with van der Waals surface area (Å²) in [5, 5.41) is 9.25. The fourth-order valence-corrected chi connectivity index (χ4v) is 3.70. The van der Waals surface area contributed by atoms with E-state index < -0.39 is 11.8 Å². The molecule has 0 atom stereocenters. The van der Waals surface area contributed by atoms with E-state index >= 15 is 0 Å². The summed E-state index contributed by atoms with van der Waals surface area (Å²) in [6.45, 7) is 0.243. The third-order valence-electron chi connectivity index (χ3n) is 5.15. The number of hydrogen-bond donors (Lipinski definition) is 1. The third kappa shape index (κ3) is 4.08. The monoisotopic (exact) mass is 407 g/mol. The van der Waals surface area contributed by atoms with Crippen molar-refractivity contribution >= 4 is 17.1 Å². The van der Waals surface area contributed by atoms with E-state index in [4.69, 9.17) is 4.74 Å². The van der Waals surface area contributed by atoms with Crippen molar-refractivity contribution in [1.29, 1.82) is 0 Å². The Kier molecular flexibility index (Phi) is 5.57. The summed E-state index contributed by atoms with van der Waals surface area (Å²) in [5.74, 6) is -1.90. The van der Waals surface area contributed by atoms with Gasteiger partial charge in [-0.3, -0.25) is 0 Å². The Hall–Kier alpha value is -3.54. The van der Waals surface area contributed by atoms with Gasteiger partial charge in [0, 0.05) is 11.8 Å². The first kappa shape index (κ1) is 19.8. The van der Waals surface area contributed by atoms with Crippen molar-refractivity contribution in [3.63, 3.8) is 0 Å². The Bertz CT molecular complexity index is 1120. The summed E-state index contributed by atoms with van der Waals surface area (Å²) in [7, 11) is 0. The lowest BCUT2D eigenvalue weighted by atomic mass is 9.96. The van der Waals surface area contributed by atoms with Crippen LogP contribution in [0.5, 0.6) is 5.88 Å². The fraction of sp³-hybridized carbons (Fsp3) is 0.167. The predicted octanol–water partition coefficient (Wildman–Crippen LogP) is 5.73. The molecule has 30 heavy (non-hydrogen) atoms. The Balaban J connectivity index is 1.68. The molecule has 0 radical (unpaired) electrons. The lowest BCUT2D eigenvalue weighted by Gasteiger charge is -2.14. The molecule has 2 aromatic carbocycles. The van der Waals surface area contributed by atoms with Crippen LogP contribution in [-0.4, -0.2) is 16.1 Å². The number of carbonyl (C=O) groups is 1. The van der Waals surface area contributed by atoms with E-state index in [1.54, 1.807) is 24.4 Å². The van der Waals surface area contributed by atoms with Gasteiger partial charge in [0.1, 0.15) is 18.2 Å². The molecular weight excluding hydrogens is 388 g/mol. The highest BCUT2D eigenvalue weighted by molar-refractivity contribution is 5.96. The first-order valence-corrected chi connectivity index (χ1v) is 9.61. The minimum atomic E-state index is -1.29. The molecule has 4 rings (SSSR count). The maximum absolute atomic E-state index is 13.8. The quantitative estimate of drug-likeness (QED) is 0.567. The van der Waals surface area contributed by atoms with Gasteiger partial charge in [-0.25, -0.2) is 18.6 Å². The number of aromatic nitrogens is 1. The Morgan fingerprint density at radius 3 is 2.57 bits per heavy atom. The molecule has 0 amide bonds. The maximum Gasteiger partial charge on any atom is 0.338 e. The maximum atomic E-state index is 13.8. The van der Waals surface area contributed by atoms with Crippen molar-refractivity contribution in [1.82, 2.24) is 4.98 Å². The van der Waals surface area contributed by atoms with Crippen molar-refractivity contribution in [3.05, 3.63) is 94.7 Å². The van der Waals surface area contributed by atoms with E-state index in [1.807, 2.05) is 12.1 Å². The van der Waals surface area contributed by atoms with Crippen molar-refractivity contribution in [2.24, 2.45) is 0 Å². The van der Waals surface area contributed by atoms with Gasteiger partial charge in [-0.15, -0.1) is 0 Å². The second-order valence-electron chi connectivity index (χ2n) is 7.08. The molecule has 0 saturated heterocycles. The van der Waals surface area contributed by atoms with Gasteiger partial charge in [0.05, 0.1) is 5.56 Å². The molecule has 0 spiro atoms. The van der Waals surface area contributed by atoms with Crippen LogP contribution in [-0.2, 0) is 6.61 Å². The number of ether oxygens (including phenoxy) is 1. The average Bonchev–Trinajstić information content (AvgIpc) is 3.23. The number of carboxylic acids is 1. The highest BCUT2D eigenvalue weighted by Gasteiger charge is 2.22. The molecule has 0 fully saturated rings. The molecule has 152 valence electrons. The number of pyridine rings is 1. The number of rotatable bonds is 6. The van der Waals surface area contributed by atoms with E-state index in [2.05, 4.69) is 4.98 Å². The predicted molar refractivity (Wildman–Crippen MR) is 109 cm³/mol. The average molecular weight is 407 g/mol. The van der Waals surface area contributed by atoms with Crippen molar-refractivity contribution in [2.45, 2.75) is 25.9 Å². The summed E-state index contributed by atoms with van der Waals surface area (Å²) >= 11 is 0. The second-order valence-corrected chi connectivity index (χ2v) is 7.08.